The zero-order valence-corrected chi connectivity index (χ0v) is 9.63. The first kappa shape index (κ1) is 12.3. The van der Waals surface area contributed by atoms with Gasteiger partial charge in [0.2, 0.25) is 5.78 Å². The van der Waals surface area contributed by atoms with Gasteiger partial charge in [-0.3, -0.25) is 4.79 Å². The highest BCUT2D eigenvalue weighted by Gasteiger charge is 2.38. The first-order chi connectivity index (χ1) is 9.47. The first-order valence-electron chi connectivity index (χ1n) is 5.32. The second-order valence-corrected chi connectivity index (χ2v) is 3.81. The molecule has 0 radical (unpaired) electrons. The lowest BCUT2D eigenvalue weighted by atomic mass is 10.1. The number of carbonyl (C=O) groups is 1. The van der Waals surface area contributed by atoms with E-state index in [-0.39, 0.29) is 11.5 Å². The maximum atomic E-state index is 13.0. The largest absolute Gasteiger partial charge is 0.461 e. The highest BCUT2D eigenvalue weighted by Crippen LogP contribution is 2.31. The summed E-state index contributed by atoms with van der Waals surface area (Å²) in [5.41, 5.74) is -1.97. The van der Waals surface area contributed by atoms with E-state index in [9.17, 15) is 18.0 Å². The van der Waals surface area contributed by atoms with Crippen molar-refractivity contribution in [3.63, 3.8) is 0 Å². The van der Waals surface area contributed by atoms with E-state index >= 15 is 0 Å². The molecule has 102 valence electrons. The van der Waals surface area contributed by atoms with Crippen molar-refractivity contribution in [3.8, 4) is 0 Å². The zero-order valence-electron chi connectivity index (χ0n) is 9.63. The number of furan rings is 1. The van der Waals surface area contributed by atoms with Gasteiger partial charge in [-0.15, -0.1) is 0 Å². The number of rotatable bonds is 2. The monoisotopic (exact) mass is 282 g/mol. The molecule has 0 amide bonds. The number of hydrogen-bond acceptors (Lipinski definition) is 5. The van der Waals surface area contributed by atoms with E-state index in [1.807, 2.05) is 0 Å². The maximum absolute atomic E-state index is 13.0. The van der Waals surface area contributed by atoms with Crippen LogP contribution < -0.4 is 0 Å². The average molecular weight is 282 g/mol. The van der Waals surface area contributed by atoms with Crippen LogP contribution in [-0.2, 0) is 6.18 Å². The summed E-state index contributed by atoms with van der Waals surface area (Å²) in [5, 5.41) is 3.66. The summed E-state index contributed by atoms with van der Waals surface area (Å²) >= 11 is 0. The van der Waals surface area contributed by atoms with E-state index in [2.05, 4.69) is 15.1 Å². The van der Waals surface area contributed by atoms with Crippen LogP contribution in [-0.4, -0.2) is 25.4 Å². The lowest BCUT2D eigenvalue weighted by Crippen LogP contribution is -2.17. The van der Waals surface area contributed by atoms with Crippen LogP contribution in [0.25, 0.3) is 5.78 Å². The van der Waals surface area contributed by atoms with E-state index in [1.165, 1.54) is 18.4 Å². The molecule has 0 saturated heterocycles. The summed E-state index contributed by atoms with van der Waals surface area (Å²) in [6.07, 6.45) is -1.61. The minimum atomic E-state index is -4.79. The second-order valence-electron chi connectivity index (χ2n) is 3.81. The summed E-state index contributed by atoms with van der Waals surface area (Å²) < 4.78 is 44.8. The third kappa shape index (κ3) is 1.92. The standard InChI is InChI=1S/C11H5F3N4O2/c12-11(13,14)9-6(8(19)7-2-1-3-20-7)4-18-10(17-9)15-5-16-18/h1-5H. The Morgan fingerprint density at radius 3 is 2.80 bits per heavy atom. The predicted octanol–water partition coefficient (Wildman–Crippen LogP) is 1.97. The van der Waals surface area contributed by atoms with Crippen molar-refractivity contribution in [2.75, 3.05) is 0 Å². The van der Waals surface area contributed by atoms with Crippen molar-refractivity contribution < 1.29 is 22.4 Å². The van der Waals surface area contributed by atoms with Crippen molar-refractivity contribution in [1.29, 1.82) is 0 Å². The third-order valence-corrected chi connectivity index (χ3v) is 2.53. The number of ketones is 1. The van der Waals surface area contributed by atoms with Crippen LogP contribution in [0.15, 0.2) is 35.3 Å². The zero-order chi connectivity index (χ0) is 14.3. The quantitative estimate of drug-likeness (QED) is 0.672. The van der Waals surface area contributed by atoms with Gasteiger partial charge in [0.25, 0.3) is 5.78 Å². The molecule has 0 fully saturated rings. The van der Waals surface area contributed by atoms with E-state index in [4.69, 9.17) is 4.42 Å². The third-order valence-electron chi connectivity index (χ3n) is 2.53. The van der Waals surface area contributed by atoms with Crippen molar-refractivity contribution in [3.05, 3.63) is 47.9 Å². The van der Waals surface area contributed by atoms with Crippen molar-refractivity contribution in [2.45, 2.75) is 6.18 Å². The minimum Gasteiger partial charge on any atom is -0.461 e. The molecule has 0 aliphatic carbocycles. The number of hydrogen-bond donors (Lipinski definition) is 0. The van der Waals surface area contributed by atoms with Crippen molar-refractivity contribution >= 4 is 11.6 Å². The van der Waals surface area contributed by atoms with Crippen LogP contribution in [0.4, 0.5) is 13.2 Å². The normalized spacial score (nSPS) is 11.9. The molecule has 0 aliphatic heterocycles. The van der Waals surface area contributed by atoms with Crippen LogP contribution in [0.5, 0.6) is 0 Å². The molecule has 0 N–H and O–H groups in total. The lowest BCUT2D eigenvalue weighted by Gasteiger charge is -2.10. The SMILES string of the molecule is O=C(c1ccco1)c1cn2ncnc2nc1C(F)(F)F. The van der Waals surface area contributed by atoms with Gasteiger partial charge in [-0.25, -0.2) is 9.50 Å². The van der Waals surface area contributed by atoms with E-state index in [1.54, 1.807) is 0 Å². The van der Waals surface area contributed by atoms with Gasteiger partial charge in [0.1, 0.15) is 6.33 Å². The molecule has 0 saturated carbocycles. The molecule has 3 aromatic rings. The van der Waals surface area contributed by atoms with Gasteiger partial charge >= 0.3 is 6.18 Å². The minimum absolute atomic E-state index is 0.211. The smallest absolute Gasteiger partial charge is 0.434 e. The Hall–Kier alpha value is -2.71. The molecule has 3 rings (SSSR count). The fraction of sp³-hybridized carbons (Fsp3) is 0.0909. The Balaban J connectivity index is 2.24. The van der Waals surface area contributed by atoms with Gasteiger partial charge in [-0.05, 0) is 12.1 Å². The van der Waals surface area contributed by atoms with Gasteiger partial charge in [0.05, 0.1) is 11.8 Å². The Bertz CT molecular complexity index is 777. The molecule has 0 spiro atoms. The van der Waals surface area contributed by atoms with E-state index in [0.717, 1.165) is 17.0 Å². The van der Waals surface area contributed by atoms with E-state index in [0.29, 0.717) is 0 Å². The average Bonchev–Trinajstić information content (AvgIpc) is 3.06. The molecule has 0 bridgehead atoms. The summed E-state index contributed by atoms with van der Waals surface area (Å²) in [4.78, 5) is 18.9. The number of halogens is 3. The lowest BCUT2D eigenvalue weighted by molar-refractivity contribution is -0.141. The summed E-state index contributed by atoms with van der Waals surface area (Å²) in [6.45, 7) is 0. The van der Waals surface area contributed by atoms with Gasteiger partial charge in [0.15, 0.2) is 11.5 Å². The van der Waals surface area contributed by atoms with Gasteiger partial charge in [0, 0.05) is 6.20 Å². The number of alkyl halides is 3. The van der Waals surface area contributed by atoms with Crippen molar-refractivity contribution in [2.24, 2.45) is 0 Å². The summed E-state index contributed by atoms with van der Waals surface area (Å²) in [5.74, 6) is -1.38. The Kier molecular flexibility index (Phi) is 2.56. The molecule has 0 aromatic carbocycles. The maximum Gasteiger partial charge on any atom is 0.434 e. The molecule has 0 atom stereocenters. The van der Waals surface area contributed by atoms with Gasteiger partial charge in [-0.1, -0.05) is 0 Å². The fourth-order valence-electron chi connectivity index (χ4n) is 1.68. The highest BCUT2D eigenvalue weighted by atomic mass is 19.4. The molecule has 3 aromatic heterocycles. The van der Waals surface area contributed by atoms with Crippen LogP contribution in [0.1, 0.15) is 21.8 Å². The Morgan fingerprint density at radius 2 is 2.15 bits per heavy atom. The van der Waals surface area contributed by atoms with Gasteiger partial charge < -0.3 is 4.42 Å². The molecule has 0 unspecified atom stereocenters. The van der Waals surface area contributed by atoms with E-state index < -0.39 is 23.2 Å². The number of aromatic nitrogens is 4. The molecule has 20 heavy (non-hydrogen) atoms. The topological polar surface area (TPSA) is 73.3 Å². The molecule has 6 nitrogen and oxygen atoms in total. The number of nitrogens with zero attached hydrogens (tertiary/aromatic N) is 4. The number of carbonyl (C=O) groups excluding carboxylic acids is 1. The van der Waals surface area contributed by atoms with Crippen LogP contribution >= 0.6 is 0 Å². The fourth-order valence-corrected chi connectivity index (χ4v) is 1.68. The molecular formula is C11H5F3N4O2. The number of fused-ring (bicyclic) bond motifs is 1. The highest BCUT2D eigenvalue weighted by molar-refractivity contribution is 6.07. The Morgan fingerprint density at radius 1 is 1.35 bits per heavy atom. The van der Waals surface area contributed by atoms with Crippen molar-refractivity contribution in [1.82, 2.24) is 19.6 Å². The predicted molar refractivity (Wildman–Crippen MR) is 57.9 cm³/mol. The van der Waals surface area contributed by atoms with Crippen LogP contribution in [0.2, 0.25) is 0 Å². The van der Waals surface area contributed by atoms with Gasteiger partial charge in [-0.2, -0.15) is 23.3 Å². The van der Waals surface area contributed by atoms with Crippen LogP contribution in [0.3, 0.4) is 0 Å². The summed E-state index contributed by atoms with van der Waals surface area (Å²) in [7, 11) is 0. The molecule has 9 heteroatoms. The molecular weight excluding hydrogens is 277 g/mol. The second kappa shape index (κ2) is 4.15. The Labute approximate surface area is 108 Å². The summed E-state index contributed by atoms with van der Waals surface area (Å²) in [6, 6.07) is 2.68. The molecule has 3 heterocycles. The van der Waals surface area contributed by atoms with Crippen LogP contribution in [0, 0.1) is 0 Å². The molecule has 0 aliphatic rings. The first-order valence-corrected chi connectivity index (χ1v) is 5.32.